The lowest BCUT2D eigenvalue weighted by Gasteiger charge is -2.42. The highest BCUT2D eigenvalue weighted by molar-refractivity contribution is 4.87. The Morgan fingerprint density at radius 1 is 1.21 bits per heavy atom. The minimum absolute atomic E-state index is 0.657. The monoisotopic (exact) mass is 269 g/mol. The molecule has 2 atom stereocenters. The molecule has 1 N–H and O–H groups in total. The van der Waals surface area contributed by atoms with Crippen LogP contribution in [0.25, 0.3) is 0 Å². The molecular formula is C16H35N3. The molecule has 0 spiro atoms. The number of likely N-dealkylation sites (N-methyl/N-ethyl adjacent to an activating group) is 2. The molecule has 1 saturated heterocycles. The highest BCUT2D eigenvalue weighted by Crippen LogP contribution is 2.21. The molecule has 0 amide bonds. The molecule has 3 nitrogen and oxygen atoms in total. The highest BCUT2D eigenvalue weighted by atomic mass is 15.2. The molecule has 3 heteroatoms. The molecule has 1 rings (SSSR count). The van der Waals surface area contributed by atoms with Crippen molar-refractivity contribution in [2.24, 2.45) is 0 Å². The first kappa shape index (κ1) is 16.9. The van der Waals surface area contributed by atoms with Gasteiger partial charge in [-0.05, 0) is 59.4 Å². The van der Waals surface area contributed by atoms with Gasteiger partial charge in [-0.3, -0.25) is 4.90 Å². The lowest BCUT2D eigenvalue weighted by atomic mass is 9.95. The van der Waals surface area contributed by atoms with E-state index in [1.807, 2.05) is 0 Å². The summed E-state index contributed by atoms with van der Waals surface area (Å²) in [6.45, 7) is 10.5. The third-order valence-electron chi connectivity index (χ3n) is 4.74. The van der Waals surface area contributed by atoms with Crippen LogP contribution >= 0.6 is 0 Å². The quantitative estimate of drug-likeness (QED) is 0.730. The van der Waals surface area contributed by atoms with Crippen LogP contribution in [0.3, 0.4) is 0 Å². The van der Waals surface area contributed by atoms with Crippen LogP contribution in [0.5, 0.6) is 0 Å². The van der Waals surface area contributed by atoms with Gasteiger partial charge < -0.3 is 10.2 Å². The number of hydrogen-bond donors (Lipinski definition) is 1. The third-order valence-corrected chi connectivity index (χ3v) is 4.74. The Kier molecular flexibility index (Phi) is 7.96. The minimum atomic E-state index is 0.657. The molecule has 19 heavy (non-hydrogen) atoms. The van der Waals surface area contributed by atoms with Gasteiger partial charge in [0.05, 0.1) is 0 Å². The van der Waals surface area contributed by atoms with Crippen LogP contribution in [-0.4, -0.2) is 61.7 Å². The van der Waals surface area contributed by atoms with Gasteiger partial charge in [-0.1, -0.05) is 27.2 Å². The smallest absolute Gasteiger partial charge is 0.0246 e. The predicted octanol–water partition coefficient (Wildman–Crippen LogP) is 2.57. The Labute approximate surface area is 120 Å². The first-order valence-corrected chi connectivity index (χ1v) is 8.27. The fourth-order valence-electron chi connectivity index (χ4n) is 3.53. The second kappa shape index (κ2) is 8.93. The summed E-state index contributed by atoms with van der Waals surface area (Å²) in [6.07, 6.45) is 6.47. The molecule has 1 heterocycles. The van der Waals surface area contributed by atoms with Crippen molar-refractivity contribution in [2.75, 3.05) is 33.7 Å². The van der Waals surface area contributed by atoms with E-state index in [9.17, 15) is 0 Å². The second-order valence-electron chi connectivity index (χ2n) is 6.13. The van der Waals surface area contributed by atoms with E-state index < -0.39 is 0 Å². The number of hydrogen-bond acceptors (Lipinski definition) is 3. The maximum atomic E-state index is 3.71. The van der Waals surface area contributed by atoms with Crippen LogP contribution < -0.4 is 5.32 Å². The predicted molar refractivity (Wildman–Crippen MR) is 84.7 cm³/mol. The summed E-state index contributed by atoms with van der Waals surface area (Å²) in [5, 5.41) is 3.71. The fraction of sp³-hybridized carbons (Fsp3) is 1.00. The van der Waals surface area contributed by atoms with Crippen LogP contribution in [0, 0.1) is 0 Å². The van der Waals surface area contributed by atoms with E-state index in [0.717, 1.165) is 12.6 Å². The molecule has 1 aliphatic rings. The van der Waals surface area contributed by atoms with Gasteiger partial charge in [0.25, 0.3) is 0 Å². The molecule has 114 valence electrons. The second-order valence-corrected chi connectivity index (χ2v) is 6.13. The van der Waals surface area contributed by atoms with Crippen molar-refractivity contribution < 1.29 is 0 Å². The van der Waals surface area contributed by atoms with E-state index in [2.05, 4.69) is 50.0 Å². The van der Waals surface area contributed by atoms with E-state index in [0.29, 0.717) is 12.1 Å². The minimum Gasteiger partial charge on any atom is -0.313 e. The summed E-state index contributed by atoms with van der Waals surface area (Å²) in [4.78, 5) is 5.13. The van der Waals surface area contributed by atoms with Gasteiger partial charge in [-0.15, -0.1) is 0 Å². The third kappa shape index (κ3) is 5.05. The SMILES string of the molecule is CCCC(NCC)C(CC)N(C)C1CCN(C)CC1. The average molecular weight is 269 g/mol. The Balaban J connectivity index is 2.60. The summed E-state index contributed by atoms with van der Waals surface area (Å²) >= 11 is 0. The summed E-state index contributed by atoms with van der Waals surface area (Å²) in [5.41, 5.74) is 0. The fourth-order valence-corrected chi connectivity index (χ4v) is 3.53. The number of likely N-dealkylation sites (tertiary alicyclic amines) is 1. The van der Waals surface area contributed by atoms with Crippen molar-refractivity contribution in [1.82, 2.24) is 15.1 Å². The number of piperidine rings is 1. The first-order valence-electron chi connectivity index (χ1n) is 8.27. The number of nitrogens with zero attached hydrogens (tertiary/aromatic N) is 2. The van der Waals surface area contributed by atoms with Gasteiger partial charge in [0.2, 0.25) is 0 Å². The Morgan fingerprint density at radius 2 is 1.84 bits per heavy atom. The van der Waals surface area contributed by atoms with Crippen molar-refractivity contribution in [1.29, 1.82) is 0 Å². The largest absolute Gasteiger partial charge is 0.313 e. The summed E-state index contributed by atoms with van der Waals surface area (Å²) in [6, 6.07) is 2.12. The molecule has 0 aromatic rings. The van der Waals surface area contributed by atoms with Gasteiger partial charge in [-0.25, -0.2) is 0 Å². The maximum Gasteiger partial charge on any atom is 0.0246 e. The molecule has 0 aliphatic carbocycles. The maximum absolute atomic E-state index is 3.71. The lowest BCUT2D eigenvalue weighted by Crippen LogP contribution is -2.53. The normalized spacial score (nSPS) is 21.8. The molecule has 2 unspecified atom stereocenters. The van der Waals surface area contributed by atoms with Gasteiger partial charge >= 0.3 is 0 Å². The zero-order valence-electron chi connectivity index (χ0n) is 13.8. The highest BCUT2D eigenvalue weighted by Gasteiger charge is 2.29. The zero-order chi connectivity index (χ0) is 14.3. The topological polar surface area (TPSA) is 18.5 Å². The molecule has 1 fully saturated rings. The van der Waals surface area contributed by atoms with Gasteiger partial charge in [0.15, 0.2) is 0 Å². The van der Waals surface area contributed by atoms with Crippen LogP contribution in [0.1, 0.15) is 52.9 Å². The Hall–Kier alpha value is -0.120. The first-order chi connectivity index (χ1) is 9.13. The summed E-state index contributed by atoms with van der Waals surface area (Å²) in [7, 11) is 4.59. The summed E-state index contributed by atoms with van der Waals surface area (Å²) < 4.78 is 0. The van der Waals surface area contributed by atoms with Crippen LogP contribution in [-0.2, 0) is 0 Å². The average Bonchev–Trinajstić information content (AvgIpc) is 2.40. The molecule has 0 radical (unpaired) electrons. The van der Waals surface area contributed by atoms with Gasteiger partial charge in [0, 0.05) is 18.1 Å². The Morgan fingerprint density at radius 3 is 2.32 bits per heavy atom. The van der Waals surface area contributed by atoms with E-state index >= 15 is 0 Å². The molecule has 0 aromatic carbocycles. The lowest BCUT2D eigenvalue weighted by molar-refractivity contribution is 0.0833. The van der Waals surface area contributed by atoms with Crippen molar-refractivity contribution >= 4 is 0 Å². The molecular weight excluding hydrogens is 234 g/mol. The van der Waals surface area contributed by atoms with E-state index in [1.165, 1.54) is 45.2 Å². The van der Waals surface area contributed by atoms with Gasteiger partial charge in [-0.2, -0.15) is 0 Å². The van der Waals surface area contributed by atoms with E-state index in [-0.39, 0.29) is 0 Å². The van der Waals surface area contributed by atoms with Crippen molar-refractivity contribution in [2.45, 2.75) is 71.0 Å². The van der Waals surface area contributed by atoms with Crippen LogP contribution in [0.4, 0.5) is 0 Å². The van der Waals surface area contributed by atoms with Crippen molar-refractivity contribution in [3.63, 3.8) is 0 Å². The standard InChI is InChI=1S/C16H35N3/c1-6-9-15(17-8-3)16(7-2)19(5)14-10-12-18(4)13-11-14/h14-17H,6-13H2,1-5H3. The van der Waals surface area contributed by atoms with Gasteiger partial charge in [0.1, 0.15) is 0 Å². The Bertz CT molecular complexity index is 218. The molecule has 1 aliphatic heterocycles. The number of rotatable bonds is 8. The van der Waals surface area contributed by atoms with Crippen LogP contribution in [0.15, 0.2) is 0 Å². The molecule has 0 bridgehead atoms. The van der Waals surface area contributed by atoms with E-state index in [1.54, 1.807) is 0 Å². The molecule has 0 aromatic heterocycles. The number of nitrogens with one attached hydrogen (secondary N) is 1. The summed E-state index contributed by atoms with van der Waals surface area (Å²) in [5.74, 6) is 0. The molecule has 0 saturated carbocycles. The zero-order valence-corrected chi connectivity index (χ0v) is 13.8. The van der Waals surface area contributed by atoms with Crippen molar-refractivity contribution in [3.05, 3.63) is 0 Å². The van der Waals surface area contributed by atoms with Crippen LogP contribution in [0.2, 0.25) is 0 Å². The van der Waals surface area contributed by atoms with Crippen molar-refractivity contribution in [3.8, 4) is 0 Å². The van der Waals surface area contributed by atoms with E-state index in [4.69, 9.17) is 0 Å².